The van der Waals surface area contributed by atoms with Crippen LogP contribution in [-0.2, 0) is 6.54 Å². The Hall–Kier alpha value is -1.69. The summed E-state index contributed by atoms with van der Waals surface area (Å²) < 4.78 is 1.89. The van der Waals surface area contributed by atoms with Crippen molar-refractivity contribution in [3.8, 4) is 0 Å². The Bertz CT molecular complexity index is 563. The zero-order chi connectivity index (χ0) is 13.2. The van der Waals surface area contributed by atoms with E-state index in [9.17, 15) is 4.79 Å². The largest absolute Gasteiger partial charge is 0.332 e. The smallest absolute Gasteiger partial charge is 0.273 e. The Labute approximate surface area is 115 Å². The first-order valence-electron chi connectivity index (χ1n) is 6.44. The molecule has 1 amide bonds. The molecule has 0 spiro atoms. The van der Waals surface area contributed by atoms with Gasteiger partial charge in [0.2, 0.25) is 0 Å². The Morgan fingerprint density at radius 1 is 1.58 bits per heavy atom. The first-order valence-corrected chi connectivity index (χ1v) is 7.32. The summed E-state index contributed by atoms with van der Waals surface area (Å²) in [6.07, 6.45) is 5.80. The SMILES string of the molecule is Cc1nc(C(=O)N2CCC[C@H]2Cn2cccn2)cs1. The number of rotatable bonds is 3. The number of likely N-dealkylation sites (tertiary alicyclic amines) is 1. The number of carbonyl (C=O) groups is 1. The van der Waals surface area contributed by atoms with E-state index >= 15 is 0 Å². The molecule has 3 heterocycles. The molecule has 0 aliphatic carbocycles. The maximum atomic E-state index is 12.4. The van der Waals surface area contributed by atoms with Crippen molar-refractivity contribution >= 4 is 17.2 Å². The van der Waals surface area contributed by atoms with Crippen molar-refractivity contribution in [2.75, 3.05) is 6.54 Å². The fourth-order valence-electron chi connectivity index (χ4n) is 2.53. The van der Waals surface area contributed by atoms with E-state index in [2.05, 4.69) is 10.1 Å². The van der Waals surface area contributed by atoms with Gasteiger partial charge in [0.15, 0.2) is 0 Å². The summed E-state index contributed by atoms with van der Waals surface area (Å²) in [5, 5.41) is 7.00. The summed E-state index contributed by atoms with van der Waals surface area (Å²) in [5.41, 5.74) is 0.579. The van der Waals surface area contributed by atoms with Gasteiger partial charge in [-0.15, -0.1) is 11.3 Å². The number of hydrogen-bond acceptors (Lipinski definition) is 4. The van der Waals surface area contributed by atoms with Gasteiger partial charge in [0.1, 0.15) is 5.69 Å². The van der Waals surface area contributed by atoms with Crippen molar-refractivity contribution in [1.82, 2.24) is 19.7 Å². The summed E-state index contributed by atoms with van der Waals surface area (Å²) in [5.74, 6) is 0.0546. The second-order valence-corrected chi connectivity index (χ2v) is 5.84. The number of carbonyl (C=O) groups excluding carboxylic acids is 1. The normalized spacial score (nSPS) is 19.0. The number of amides is 1. The zero-order valence-corrected chi connectivity index (χ0v) is 11.6. The molecule has 1 aliphatic heterocycles. The van der Waals surface area contributed by atoms with Gasteiger partial charge in [-0.1, -0.05) is 0 Å². The minimum absolute atomic E-state index is 0.0546. The molecule has 1 atom stereocenters. The number of nitrogens with zero attached hydrogens (tertiary/aromatic N) is 4. The standard InChI is InChI=1S/C13H16N4OS/c1-10-15-12(9-19-10)13(18)17-7-2-4-11(17)8-16-6-3-5-14-16/h3,5-6,9,11H,2,4,7-8H2,1H3/t11-/m0/s1. The monoisotopic (exact) mass is 276 g/mol. The molecule has 0 radical (unpaired) electrons. The predicted octanol–water partition coefficient (Wildman–Crippen LogP) is 1.95. The number of thiazole rings is 1. The van der Waals surface area contributed by atoms with Gasteiger partial charge in [-0.3, -0.25) is 9.48 Å². The molecule has 1 fully saturated rings. The van der Waals surface area contributed by atoms with Crippen molar-refractivity contribution in [1.29, 1.82) is 0 Å². The third-order valence-electron chi connectivity index (χ3n) is 3.43. The molecule has 0 aromatic carbocycles. The van der Waals surface area contributed by atoms with Gasteiger partial charge in [0.25, 0.3) is 5.91 Å². The summed E-state index contributed by atoms with van der Waals surface area (Å²) in [6.45, 7) is 3.51. The number of aryl methyl sites for hydroxylation is 1. The molecule has 100 valence electrons. The molecule has 0 bridgehead atoms. The highest BCUT2D eigenvalue weighted by Crippen LogP contribution is 2.22. The molecule has 1 saturated heterocycles. The molecule has 2 aromatic heterocycles. The quantitative estimate of drug-likeness (QED) is 0.861. The van der Waals surface area contributed by atoms with Crippen molar-refractivity contribution < 1.29 is 4.79 Å². The van der Waals surface area contributed by atoms with Gasteiger partial charge < -0.3 is 4.90 Å². The van der Waals surface area contributed by atoms with Crippen molar-refractivity contribution in [3.63, 3.8) is 0 Å². The maximum Gasteiger partial charge on any atom is 0.273 e. The summed E-state index contributed by atoms with van der Waals surface area (Å²) in [6, 6.07) is 2.14. The van der Waals surface area contributed by atoms with E-state index in [-0.39, 0.29) is 11.9 Å². The Balaban J connectivity index is 1.74. The zero-order valence-electron chi connectivity index (χ0n) is 10.8. The van der Waals surface area contributed by atoms with Crippen LogP contribution in [0.5, 0.6) is 0 Å². The summed E-state index contributed by atoms with van der Waals surface area (Å²) >= 11 is 1.52. The van der Waals surface area contributed by atoms with Crippen LogP contribution in [0.2, 0.25) is 0 Å². The number of hydrogen-bond donors (Lipinski definition) is 0. The lowest BCUT2D eigenvalue weighted by Crippen LogP contribution is -2.38. The van der Waals surface area contributed by atoms with Crippen LogP contribution in [0.25, 0.3) is 0 Å². The fraction of sp³-hybridized carbons (Fsp3) is 0.462. The molecule has 3 rings (SSSR count). The lowest BCUT2D eigenvalue weighted by atomic mass is 10.2. The van der Waals surface area contributed by atoms with Gasteiger partial charge in [0, 0.05) is 24.3 Å². The van der Waals surface area contributed by atoms with Crippen LogP contribution in [-0.4, -0.2) is 38.2 Å². The third-order valence-corrected chi connectivity index (χ3v) is 4.21. The van der Waals surface area contributed by atoms with Gasteiger partial charge in [0.05, 0.1) is 17.6 Å². The first-order chi connectivity index (χ1) is 9.24. The number of aromatic nitrogens is 3. The van der Waals surface area contributed by atoms with Crippen LogP contribution in [0.3, 0.4) is 0 Å². The van der Waals surface area contributed by atoms with Crippen molar-refractivity contribution in [3.05, 3.63) is 34.5 Å². The van der Waals surface area contributed by atoms with Crippen LogP contribution in [0.15, 0.2) is 23.8 Å². The minimum Gasteiger partial charge on any atom is -0.332 e. The molecular formula is C13H16N4OS. The molecular weight excluding hydrogens is 260 g/mol. The Morgan fingerprint density at radius 3 is 3.16 bits per heavy atom. The Morgan fingerprint density at radius 2 is 2.47 bits per heavy atom. The molecule has 0 N–H and O–H groups in total. The average molecular weight is 276 g/mol. The second kappa shape index (κ2) is 5.13. The first kappa shape index (κ1) is 12.3. The van der Waals surface area contributed by atoms with E-state index in [1.807, 2.05) is 34.1 Å². The molecule has 6 heteroatoms. The predicted molar refractivity (Wildman–Crippen MR) is 73.1 cm³/mol. The van der Waals surface area contributed by atoms with Crippen LogP contribution in [0.1, 0.15) is 28.3 Å². The van der Waals surface area contributed by atoms with Crippen LogP contribution < -0.4 is 0 Å². The van der Waals surface area contributed by atoms with Crippen molar-refractivity contribution in [2.24, 2.45) is 0 Å². The third kappa shape index (κ3) is 2.53. The molecule has 0 saturated carbocycles. The summed E-state index contributed by atoms with van der Waals surface area (Å²) in [7, 11) is 0. The van der Waals surface area contributed by atoms with Crippen LogP contribution in [0.4, 0.5) is 0 Å². The van der Waals surface area contributed by atoms with E-state index < -0.39 is 0 Å². The summed E-state index contributed by atoms with van der Waals surface area (Å²) in [4.78, 5) is 18.7. The van der Waals surface area contributed by atoms with Crippen molar-refractivity contribution in [2.45, 2.75) is 32.4 Å². The van der Waals surface area contributed by atoms with E-state index in [1.54, 1.807) is 6.20 Å². The lowest BCUT2D eigenvalue weighted by Gasteiger charge is -2.23. The highest BCUT2D eigenvalue weighted by atomic mass is 32.1. The molecule has 0 unspecified atom stereocenters. The van der Waals surface area contributed by atoms with Gasteiger partial charge >= 0.3 is 0 Å². The van der Waals surface area contributed by atoms with Crippen LogP contribution in [0, 0.1) is 6.92 Å². The van der Waals surface area contributed by atoms with E-state index in [4.69, 9.17) is 0 Å². The Kier molecular flexibility index (Phi) is 3.33. The molecule has 2 aromatic rings. The van der Waals surface area contributed by atoms with Crippen LogP contribution >= 0.6 is 11.3 Å². The van der Waals surface area contributed by atoms with E-state index in [0.717, 1.165) is 30.9 Å². The van der Waals surface area contributed by atoms with Gasteiger partial charge in [-0.2, -0.15) is 5.10 Å². The highest BCUT2D eigenvalue weighted by Gasteiger charge is 2.30. The fourth-order valence-corrected chi connectivity index (χ4v) is 3.11. The second-order valence-electron chi connectivity index (χ2n) is 4.77. The molecule has 5 nitrogen and oxygen atoms in total. The average Bonchev–Trinajstić information content (AvgIpc) is 3.10. The van der Waals surface area contributed by atoms with E-state index in [1.165, 1.54) is 11.3 Å². The van der Waals surface area contributed by atoms with E-state index in [0.29, 0.717) is 5.69 Å². The molecule has 1 aliphatic rings. The molecule has 19 heavy (non-hydrogen) atoms. The minimum atomic E-state index is 0.0546. The van der Waals surface area contributed by atoms with Gasteiger partial charge in [-0.05, 0) is 25.8 Å². The maximum absolute atomic E-state index is 12.4. The lowest BCUT2D eigenvalue weighted by molar-refractivity contribution is 0.0716. The highest BCUT2D eigenvalue weighted by molar-refractivity contribution is 7.09. The topological polar surface area (TPSA) is 51.0 Å². The van der Waals surface area contributed by atoms with Gasteiger partial charge in [-0.25, -0.2) is 4.98 Å².